The number of carbonyl (C=O) groups is 2. The fourth-order valence-electron chi connectivity index (χ4n) is 1.10. The van der Waals surface area contributed by atoms with Crippen LogP contribution in [-0.2, 0) is 9.59 Å². The van der Waals surface area contributed by atoms with E-state index in [9.17, 15) is 31.5 Å². The smallest absolute Gasteiger partial charge is 0.463 e. The number of alkyl halides is 5. The zero-order valence-corrected chi connectivity index (χ0v) is 9.59. The van der Waals surface area contributed by atoms with Crippen LogP contribution in [0.1, 0.15) is 20.3 Å². The topological polar surface area (TPSA) is 57.6 Å². The van der Waals surface area contributed by atoms with E-state index < -0.39 is 36.6 Å². The molecule has 1 amide bonds. The van der Waals surface area contributed by atoms with Crippen LogP contribution in [0, 0.1) is 0 Å². The van der Waals surface area contributed by atoms with Crippen LogP contribution >= 0.6 is 0 Å². The quantitative estimate of drug-likeness (QED) is 0.781. The van der Waals surface area contributed by atoms with Gasteiger partial charge in [0, 0.05) is 6.04 Å². The van der Waals surface area contributed by atoms with E-state index in [2.05, 4.69) is 0 Å². The Hall–Kier alpha value is -1.41. The number of nitrogens with zero attached hydrogens (tertiary/aromatic N) is 1. The molecular formula is C9H12F5NO3. The molecule has 18 heavy (non-hydrogen) atoms. The Kier molecular flexibility index (Phi) is 5.06. The molecule has 0 radical (unpaired) electrons. The van der Waals surface area contributed by atoms with Crippen molar-refractivity contribution in [1.82, 2.24) is 4.90 Å². The van der Waals surface area contributed by atoms with Crippen LogP contribution in [-0.4, -0.2) is 46.6 Å². The number of amides is 1. The van der Waals surface area contributed by atoms with Gasteiger partial charge in [-0.2, -0.15) is 22.0 Å². The zero-order valence-electron chi connectivity index (χ0n) is 9.59. The van der Waals surface area contributed by atoms with Crippen molar-refractivity contribution in [2.24, 2.45) is 0 Å². The first-order chi connectivity index (χ1) is 7.95. The fourth-order valence-corrected chi connectivity index (χ4v) is 1.10. The molecule has 106 valence electrons. The number of rotatable bonds is 5. The Morgan fingerprint density at radius 2 is 1.67 bits per heavy atom. The third-order valence-electron chi connectivity index (χ3n) is 2.31. The third-order valence-corrected chi connectivity index (χ3v) is 2.31. The second kappa shape index (κ2) is 5.49. The summed E-state index contributed by atoms with van der Waals surface area (Å²) in [5.41, 5.74) is 0. The highest BCUT2D eigenvalue weighted by atomic mass is 19.4. The average Bonchev–Trinajstić information content (AvgIpc) is 2.21. The van der Waals surface area contributed by atoms with Crippen LogP contribution in [0.25, 0.3) is 0 Å². The molecule has 9 heteroatoms. The van der Waals surface area contributed by atoms with Crippen molar-refractivity contribution in [1.29, 1.82) is 0 Å². The van der Waals surface area contributed by atoms with Crippen LogP contribution in [0.15, 0.2) is 0 Å². The third kappa shape index (κ3) is 3.54. The summed E-state index contributed by atoms with van der Waals surface area (Å²) < 4.78 is 61.6. The van der Waals surface area contributed by atoms with Crippen molar-refractivity contribution >= 4 is 11.9 Å². The summed E-state index contributed by atoms with van der Waals surface area (Å²) in [6, 6.07) is -1.04. The van der Waals surface area contributed by atoms with E-state index in [0.29, 0.717) is 0 Å². The van der Waals surface area contributed by atoms with Crippen LogP contribution in [0.2, 0.25) is 0 Å². The van der Waals surface area contributed by atoms with Gasteiger partial charge in [0.1, 0.15) is 6.54 Å². The normalized spacial score (nSPS) is 14.2. The van der Waals surface area contributed by atoms with Crippen LogP contribution in [0.5, 0.6) is 0 Å². The minimum Gasteiger partial charge on any atom is -0.480 e. The minimum absolute atomic E-state index is 0.00975. The van der Waals surface area contributed by atoms with Gasteiger partial charge in [-0.05, 0) is 13.3 Å². The molecule has 0 aliphatic heterocycles. The SMILES string of the molecule is CCC(C)N(CC(=O)O)C(=O)C(F)(F)C(F)(F)F. The maximum Gasteiger partial charge on any atom is 0.463 e. The number of hydrogen-bond acceptors (Lipinski definition) is 2. The minimum atomic E-state index is -6.05. The van der Waals surface area contributed by atoms with Gasteiger partial charge in [0.15, 0.2) is 0 Å². The summed E-state index contributed by atoms with van der Waals surface area (Å²) in [4.78, 5) is 21.5. The Morgan fingerprint density at radius 3 is 1.94 bits per heavy atom. The van der Waals surface area contributed by atoms with E-state index in [-0.39, 0.29) is 11.3 Å². The molecule has 0 heterocycles. The average molecular weight is 277 g/mol. The van der Waals surface area contributed by atoms with Gasteiger partial charge in [0.25, 0.3) is 0 Å². The van der Waals surface area contributed by atoms with Gasteiger partial charge in [-0.15, -0.1) is 0 Å². The molecule has 0 bridgehead atoms. The van der Waals surface area contributed by atoms with Crippen molar-refractivity contribution in [2.45, 2.75) is 38.4 Å². The summed E-state index contributed by atoms with van der Waals surface area (Å²) >= 11 is 0. The molecular weight excluding hydrogens is 265 g/mol. The molecule has 0 aromatic carbocycles. The van der Waals surface area contributed by atoms with E-state index >= 15 is 0 Å². The number of carboxylic acid groups (broad SMARTS) is 1. The Bertz CT molecular complexity index is 329. The molecule has 4 nitrogen and oxygen atoms in total. The van der Waals surface area contributed by atoms with Gasteiger partial charge in [0.05, 0.1) is 0 Å². The van der Waals surface area contributed by atoms with Gasteiger partial charge in [0.2, 0.25) is 0 Å². The summed E-state index contributed by atoms with van der Waals surface area (Å²) in [7, 11) is 0. The summed E-state index contributed by atoms with van der Waals surface area (Å²) in [5.74, 6) is -9.81. The van der Waals surface area contributed by atoms with Crippen molar-refractivity contribution < 1.29 is 36.6 Å². The Balaban J connectivity index is 5.25. The molecule has 0 aromatic rings. The highest BCUT2D eigenvalue weighted by Crippen LogP contribution is 2.37. The molecule has 0 saturated heterocycles. The molecule has 0 aliphatic rings. The van der Waals surface area contributed by atoms with Crippen LogP contribution in [0.4, 0.5) is 22.0 Å². The number of aliphatic carboxylic acids is 1. The van der Waals surface area contributed by atoms with E-state index in [1.165, 1.54) is 13.8 Å². The van der Waals surface area contributed by atoms with Crippen LogP contribution < -0.4 is 0 Å². The van der Waals surface area contributed by atoms with Crippen molar-refractivity contribution in [3.8, 4) is 0 Å². The van der Waals surface area contributed by atoms with Crippen molar-refractivity contribution in [2.75, 3.05) is 6.54 Å². The maximum absolute atomic E-state index is 12.8. The molecule has 0 aliphatic carbocycles. The summed E-state index contributed by atoms with van der Waals surface area (Å²) in [6.45, 7) is 1.41. The van der Waals surface area contributed by atoms with Gasteiger partial charge in [-0.1, -0.05) is 6.92 Å². The van der Waals surface area contributed by atoms with Crippen molar-refractivity contribution in [3.05, 3.63) is 0 Å². The van der Waals surface area contributed by atoms with Gasteiger partial charge in [-0.3, -0.25) is 9.59 Å². The first-order valence-corrected chi connectivity index (χ1v) is 4.92. The summed E-state index contributed by atoms with van der Waals surface area (Å²) in [5, 5.41) is 8.43. The second-order valence-corrected chi connectivity index (χ2v) is 3.66. The number of carbonyl (C=O) groups excluding carboxylic acids is 1. The zero-order chi connectivity index (χ0) is 14.7. The summed E-state index contributed by atoms with van der Waals surface area (Å²) in [6.07, 6.45) is -6.00. The van der Waals surface area contributed by atoms with E-state index in [4.69, 9.17) is 5.11 Å². The lowest BCUT2D eigenvalue weighted by molar-refractivity contribution is -0.275. The molecule has 0 fully saturated rings. The monoisotopic (exact) mass is 277 g/mol. The highest BCUT2D eigenvalue weighted by molar-refractivity contribution is 5.87. The van der Waals surface area contributed by atoms with E-state index in [1.807, 2.05) is 0 Å². The number of halogens is 5. The molecule has 1 unspecified atom stereocenters. The Morgan fingerprint density at radius 1 is 1.22 bits per heavy atom. The lowest BCUT2D eigenvalue weighted by atomic mass is 10.1. The number of carboxylic acids is 1. The second-order valence-electron chi connectivity index (χ2n) is 3.66. The first-order valence-electron chi connectivity index (χ1n) is 4.92. The predicted octanol–water partition coefficient (Wildman–Crippen LogP) is 1.90. The standard InChI is InChI=1S/C9H12F5NO3/c1-3-5(2)15(4-6(16)17)7(18)8(10,11)9(12,13)14/h5H,3-4H2,1-2H3,(H,16,17). The molecule has 0 spiro atoms. The lowest BCUT2D eigenvalue weighted by Crippen LogP contribution is -2.55. The van der Waals surface area contributed by atoms with Crippen LogP contribution in [0.3, 0.4) is 0 Å². The highest BCUT2D eigenvalue weighted by Gasteiger charge is 2.65. The largest absolute Gasteiger partial charge is 0.480 e. The molecule has 0 saturated carbocycles. The van der Waals surface area contributed by atoms with Gasteiger partial charge < -0.3 is 10.0 Å². The molecule has 0 rings (SSSR count). The lowest BCUT2D eigenvalue weighted by Gasteiger charge is -2.30. The molecule has 0 aromatic heterocycles. The first kappa shape index (κ1) is 16.6. The van der Waals surface area contributed by atoms with Gasteiger partial charge >= 0.3 is 24.0 Å². The number of hydrogen-bond donors (Lipinski definition) is 1. The fraction of sp³-hybridized carbons (Fsp3) is 0.778. The van der Waals surface area contributed by atoms with Gasteiger partial charge in [-0.25, -0.2) is 0 Å². The maximum atomic E-state index is 12.8. The predicted molar refractivity (Wildman–Crippen MR) is 50.1 cm³/mol. The van der Waals surface area contributed by atoms with E-state index in [0.717, 1.165) is 0 Å². The molecule has 1 atom stereocenters. The van der Waals surface area contributed by atoms with Crippen molar-refractivity contribution in [3.63, 3.8) is 0 Å². The Labute approximate surface area is 99.4 Å². The molecule has 1 N–H and O–H groups in total. The van der Waals surface area contributed by atoms with E-state index in [1.54, 1.807) is 0 Å².